The predicted molar refractivity (Wildman–Crippen MR) is 120 cm³/mol. The molecule has 2 aromatic rings. The highest BCUT2D eigenvalue weighted by molar-refractivity contribution is 14.0. The summed E-state index contributed by atoms with van der Waals surface area (Å²) in [5.74, 6) is 1.54. The van der Waals surface area contributed by atoms with Crippen molar-refractivity contribution in [3.63, 3.8) is 0 Å². The second-order valence-corrected chi connectivity index (χ2v) is 5.68. The molecule has 7 heteroatoms. The van der Waals surface area contributed by atoms with Crippen LogP contribution in [0.1, 0.15) is 10.4 Å². The Hall–Kier alpha value is -2.29. The van der Waals surface area contributed by atoms with Crippen LogP contribution >= 0.6 is 24.0 Å². The van der Waals surface area contributed by atoms with E-state index in [0.717, 1.165) is 11.7 Å². The highest BCUT2D eigenvalue weighted by Crippen LogP contribution is 2.07. The molecule has 0 aliphatic carbocycles. The lowest BCUT2D eigenvalue weighted by Gasteiger charge is -2.22. The van der Waals surface area contributed by atoms with Crippen LogP contribution in [-0.2, 0) is 0 Å². The topological polar surface area (TPSA) is 66.0 Å². The quantitative estimate of drug-likeness (QED) is 0.263. The molecular formula is C20H27IN4O2. The monoisotopic (exact) mass is 482 g/mol. The molecule has 0 spiro atoms. The van der Waals surface area contributed by atoms with E-state index in [2.05, 4.69) is 15.6 Å². The van der Waals surface area contributed by atoms with Gasteiger partial charge in [0.05, 0.1) is 6.54 Å². The summed E-state index contributed by atoms with van der Waals surface area (Å²) < 4.78 is 5.70. The number of carbonyl (C=O) groups is 1. The first-order chi connectivity index (χ1) is 12.7. The Morgan fingerprint density at radius 2 is 1.59 bits per heavy atom. The summed E-state index contributed by atoms with van der Waals surface area (Å²) in [5.41, 5.74) is 0.659. The van der Waals surface area contributed by atoms with Crippen LogP contribution in [-0.4, -0.2) is 57.1 Å². The molecule has 2 N–H and O–H groups in total. The van der Waals surface area contributed by atoms with Crippen molar-refractivity contribution in [1.82, 2.24) is 15.5 Å². The van der Waals surface area contributed by atoms with Crippen LogP contribution in [0.4, 0.5) is 0 Å². The Labute approximate surface area is 178 Å². The number of rotatable bonds is 8. The molecule has 0 bridgehead atoms. The number of nitrogens with zero attached hydrogens (tertiary/aromatic N) is 2. The summed E-state index contributed by atoms with van der Waals surface area (Å²) in [6.07, 6.45) is 0. The van der Waals surface area contributed by atoms with Crippen LogP contribution in [0.5, 0.6) is 5.75 Å². The Kier molecular flexibility index (Phi) is 10.9. The molecular weight excluding hydrogens is 455 g/mol. The zero-order valence-corrected chi connectivity index (χ0v) is 18.1. The second-order valence-electron chi connectivity index (χ2n) is 5.68. The van der Waals surface area contributed by atoms with Crippen molar-refractivity contribution in [2.24, 2.45) is 4.99 Å². The zero-order chi connectivity index (χ0) is 18.6. The van der Waals surface area contributed by atoms with Gasteiger partial charge in [-0.3, -0.25) is 9.79 Å². The number of amides is 1. The average molecular weight is 482 g/mol. The number of nitrogens with one attached hydrogen (secondary N) is 2. The Morgan fingerprint density at radius 3 is 2.22 bits per heavy atom. The lowest BCUT2D eigenvalue weighted by molar-refractivity contribution is 0.0954. The molecule has 0 aromatic heterocycles. The standard InChI is InChI=1S/C20H26N4O2.HI/c1-21-20(24(2)15-16-26-18-11-7-4-8-12-18)23-14-13-22-19(25)17-9-5-3-6-10-17;/h3-12H,13-16H2,1-2H3,(H,21,23)(H,22,25);1H. The Balaban J connectivity index is 0.00000364. The van der Waals surface area contributed by atoms with Gasteiger partial charge in [-0.05, 0) is 24.3 Å². The van der Waals surface area contributed by atoms with E-state index < -0.39 is 0 Å². The number of aliphatic imine (C=N–C) groups is 1. The van der Waals surface area contributed by atoms with Crippen LogP contribution in [0, 0.1) is 0 Å². The molecule has 0 fully saturated rings. The van der Waals surface area contributed by atoms with Gasteiger partial charge < -0.3 is 20.3 Å². The lowest BCUT2D eigenvalue weighted by atomic mass is 10.2. The van der Waals surface area contributed by atoms with Gasteiger partial charge in [-0.15, -0.1) is 24.0 Å². The second kappa shape index (κ2) is 13.0. The molecule has 0 saturated carbocycles. The zero-order valence-electron chi connectivity index (χ0n) is 15.7. The maximum atomic E-state index is 12.0. The minimum absolute atomic E-state index is 0. The van der Waals surface area contributed by atoms with Gasteiger partial charge >= 0.3 is 0 Å². The van der Waals surface area contributed by atoms with Crippen molar-refractivity contribution in [2.45, 2.75) is 0 Å². The number of guanidine groups is 1. The highest BCUT2D eigenvalue weighted by Gasteiger charge is 2.07. The Bertz CT molecular complexity index is 696. The van der Waals surface area contributed by atoms with Crippen LogP contribution in [0.2, 0.25) is 0 Å². The minimum Gasteiger partial charge on any atom is -0.492 e. The molecule has 0 saturated heterocycles. The molecule has 146 valence electrons. The summed E-state index contributed by atoms with van der Waals surface area (Å²) >= 11 is 0. The van der Waals surface area contributed by atoms with Crippen LogP contribution in [0.15, 0.2) is 65.7 Å². The van der Waals surface area contributed by atoms with Gasteiger partial charge in [0.2, 0.25) is 0 Å². The van der Waals surface area contributed by atoms with Crippen molar-refractivity contribution < 1.29 is 9.53 Å². The van der Waals surface area contributed by atoms with Gasteiger partial charge in [0.25, 0.3) is 5.91 Å². The highest BCUT2D eigenvalue weighted by atomic mass is 127. The number of ether oxygens (including phenoxy) is 1. The molecule has 27 heavy (non-hydrogen) atoms. The molecule has 2 rings (SSSR count). The molecule has 0 aliphatic rings. The van der Waals surface area contributed by atoms with Gasteiger partial charge in [0.15, 0.2) is 5.96 Å². The fourth-order valence-corrected chi connectivity index (χ4v) is 2.35. The van der Waals surface area contributed by atoms with Gasteiger partial charge in [-0.25, -0.2) is 0 Å². The van der Waals surface area contributed by atoms with Gasteiger partial charge in [0, 0.05) is 32.7 Å². The van der Waals surface area contributed by atoms with E-state index in [1.165, 1.54) is 0 Å². The van der Waals surface area contributed by atoms with E-state index in [4.69, 9.17) is 4.74 Å². The van der Waals surface area contributed by atoms with Crippen molar-refractivity contribution in [1.29, 1.82) is 0 Å². The molecule has 0 radical (unpaired) electrons. The number of likely N-dealkylation sites (N-methyl/N-ethyl adjacent to an activating group) is 1. The SMILES string of the molecule is CN=C(NCCNC(=O)c1ccccc1)N(C)CCOc1ccccc1.I. The van der Waals surface area contributed by atoms with Gasteiger partial charge in [-0.1, -0.05) is 36.4 Å². The van der Waals surface area contributed by atoms with E-state index in [0.29, 0.717) is 31.8 Å². The molecule has 1 amide bonds. The Morgan fingerprint density at radius 1 is 1.00 bits per heavy atom. The summed E-state index contributed by atoms with van der Waals surface area (Å²) in [4.78, 5) is 18.2. The van der Waals surface area contributed by atoms with E-state index in [-0.39, 0.29) is 29.9 Å². The first-order valence-corrected chi connectivity index (χ1v) is 8.63. The first-order valence-electron chi connectivity index (χ1n) is 8.63. The number of benzene rings is 2. The number of carbonyl (C=O) groups excluding carboxylic acids is 1. The molecule has 0 atom stereocenters. The molecule has 2 aromatic carbocycles. The molecule has 0 heterocycles. The van der Waals surface area contributed by atoms with Crippen LogP contribution in [0.25, 0.3) is 0 Å². The third-order valence-electron chi connectivity index (χ3n) is 3.74. The minimum atomic E-state index is -0.0768. The van der Waals surface area contributed by atoms with E-state index in [1.54, 1.807) is 19.2 Å². The molecule has 0 aliphatic heterocycles. The van der Waals surface area contributed by atoms with E-state index in [1.807, 2.05) is 60.5 Å². The largest absolute Gasteiger partial charge is 0.492 e. The molecule has 6 nitrogen and oxygen atoms in total. The maximum Gasteiger partial charge on any atom is 0.251 e. The predicted octanol–water partition coefficient (Wildman–Crippen LogP) is 2.62. The fraction of sp³-hybridized carbons (Fsp3) is 0.300. The van der Waals surface area contributed by atoms with Crippen LogP contribution < -0.4 is 15.4 Å². The van der Waals surface area contributed by atoms with Gasteiger partial charge in [-0.2, -0.15) is 0 Å². The maximum absolute atomic E-state index is 12.0. The summed E-state index contributed by atoms with van der Waals surface area (Å²) in [6.45, 7) is 2.37. The normalized spacial score (nSPS) is 10.5. The van der Waals surface area contributed by atoms with Gasteiger partial charge in [0.1, 0.15) is 12.4 Å². The summed E-state index contributed by atoms with van der Waals surface area (Å²) in [6, 6.07) is 18.9. The average Bonchev–Trinajstić information content (AvgIpc) is 2.69. The number of hydrogen-bond donors (Lipinski definition) is 2. The fourth-order valence-electron chi connectivity index (χ4n) is 2.35. The number of halogens is 1. The van der Waals surface area contributed by atoms with E-state index >= 15 is 0 Å². The number of hydrogen-bond acceptors (Lipinski definition) is 3. The van der Waals surface area contributed by atoms with Crippen molar-refractivity contribution in [3.8, 4) is 5.75 Å². The van der Waals surface area contributed by atoms with Crippen LogP contribution in [0.3, 0.4) is 0 Å². The lowest BCUT2D eigenvalue weighted by Crippen LogP contribution is -2.43. The summed E-state index contributed by atoms with van der Waals surface area (Å²) in [7, 11) is 3.69. The summed E-state index contributed by atoms with van der Waals surface area (Å²) in [5, 5.41) is 6.11. The first kappa shape index (κ1) is 22.8. The molecule has 0 unspecified atom stereocenters. The van der Waals surface area contributed by atoms with Crippen molar-refractivity contribution >= 4 is 35.8 Å². The third kappa shape index (κ3) is 8.29. The van der Waals surface area contributed by atoms with E-state index in [9.17, 15) is 4.79 Å². The van der Waals surface area contributed by atoms with Crippen molar-refractivity contribution in [2.75, 3.05) is 40.3 Å². The third-order valence-corrected chi connectivity index (χ3v) is 3.74. The number of para-hydroxylation sites is 1. The smallest absolute Gasteiger partial charge is 0.251 e. The van der Waals surface area contributed by atoms with Crippen molar-refractivity contribution in [3.05, 3.63) is 66.2 Å².